The molecule has 1 aliphatic carbocycles. The highest BCUT2D eigenvalue weighted by molar-refractivity contribution is 6.08. The number of hydrogen-bond acceptors (Lipinski definition) is 4. The number of carbonyl (C=O) groups excluding carboxylic acids is 1. The van der Waals surface area contributed by atoms with Gasteiger partial charge in [0.2, 0.25) is 0 Å². The van der Waals surface area contributed by atoms with E-state index < -0.39 is 11.1 Å². The van der Waals surface area contributed by atoms with Crippen LogP contribution in [0.15, 0.2) is 46.1 Å². The van der Waals surface area contributed by atoms with Crippen LogP contribution < -0.4 is 11.1 Å². The first kappa shape index (κ1) is 16.3. The van der Waals surface area contributed by atoms with E-state index in [1.54, 1.807) is 30.5 Å². The average Bonchev–Trinajstić information content (AvgIpc) is 3.04. The molecule has 0 aliphatic heterocycles. The molecule has 132 valence electrons. The second-order valence-corrected chi connectivity index (χ2v) is 6.60. The molecular formula is C19H18N4O3. The molecule has 2 N–H and O–H groups in total. The molecule has 1 saturated carbocycles. The maximum atomic E-state index is 12.5. The molecule has 0 spiro atoms. The highest BCUT2D eigenvalue weighted by atomic mass is 16.2. The number of nitrogens with one attached hydrogen (secondary N) is 2. The van der Waals surface area contributed by atoms with Gasteiger partial charge in [0.05, 0.1) is 16.7 Å². The topological polar surface area (TPSA) is 101 Å². The highest BCUT2D eigenvalue weighted by Crippen LogP contribution is 2.28. The summed E-state index contributed by atoms with van der Waals surface area (Å²) in [6.45, 7) is 0.880. The van der Waals surface area contributed by atoms with E-state index in [4.69, 9.17) is 0 Å². The van der Waals surface area contributed by atoms with Gasteiger partial charge in [0.1, 0.15) is 0 Å². The number of ketones is 1. The molecule has 1 aliphatic rings. The fourth-order valence-corrected chi connectivity index (χ4v) is 3.08. The molecule has 0 saturated heterocycles. The fraction of sp³-hybridized carbons (Fsp3) is 0.263. The zero-order valence-corrected chi connectivity index (χ0v) is 14.1. The van der Waals surface area contributed by atoms with E-state index in [9.17, 15) is 14.4 Å². The summed E-state index contributed by atoms with van der Waals surface area (Å²) in [6.07, 6.45) is 8.75. The van der Waals surface area contributed by atoms with Crippen LogP contribution in [0, 0.1) is 5.92 Å². The van der Waals surface area contributed by atoms with E-state index in [-0.39, 0.29) is 5.78 Å². The van der Waals surface area contributed by atoms with Gasteiger partial charge < -0.3 is 9.97 Å². The van der Waals surface area contributed by atoms with Gasteiger partial charge in [-0.2, -0.15) is 5.10 Å². The number of aromatic nitrogens is 4. The molecule has 2 heterocycles. The third kappa shape index (κ3) is 3.15. The molecule has 3 aromatic rings. The second-order valence-electron chi connectivity index (χ2n) is 6.60. The number of fused-ring (bicyclic) bond motifs is 1. The molecule has 1 fully saturated rings. The minimum absolute atomic E-state index is 0.185. The van der Waals surface area contributed by atoms with Gasteiger partial charge in [0.15, 0.2) is 5.78 Å². The first-order valence-electron chi connectivity index (χ1n) is 8.61. The van der Waals surface area contributed by atoms with Gasteiger partial charge in [-0.25, -0.2) is 0 Å². The Bertz CT molecular complexity index is 1120. The first-order valence-corrected chi connectivity index (χ1v) is 8.61. The van der Waals surface area contributed by atoms with Crippen LogP contribution in [0.3, 0.4) is 0 Å². The van der Waals surface area contributed by atoms with Crippen LogP contribution >= 0.6 is 0 Å². The van der Waals surface area contributed by atoms with Gasteiger partial charge in [-0.3, -0.25) is 19.1 Å². The number of aromatic amines is 2. The second kappa shape index (κ2) is 6.59. The van der Waals surface area contributed by atoms with Crippen molar-refractivity contribution in [2.45, 2.75) is 25.8 Å². The largest absolute Gasteiger partial charge is 0.316 e. The van der Waals surface area contributed by atoms with Crippen LogP contribution in [0.1, 0.15) is 35.3 Å². The molecule has 7 heteroatoms. The predicted molar refractivity (Wildman–Crippen MR) is 98.1 cm³/mol. The van der Waals surface area contributed by atoms with E-state index in [2.05, 4.69) is 15.1 Å². The smallest absolute Gasteiger partial charge is 0.314 e. The van der Waals surface area contributed by atoms with Crippen molar-refractivity contribution in [3.05, 3.63) is 68.5 Å². The summed E-state index contributed by atoms with van der Waals surface area (Å²) < 4.78 is 1.93. The Balaban J connectivity index is 1.56. The van der Waals surface area contributed by atoms with Crippen LogP contribution in [-0.4, -0.2) is 25.5 Å². The van der Waals surface area contributed by atoms with Gasteiger partial charge in [0.25, 0.3) is 0 Å². The van der Waals surface area contributed by atoms with E-state index in [0.29, 0.717) is 22.5 Å². The third-order valence-electron chi connectivity index (χ3n) is 4.82. The normalized spacial score (nSPS) is 14.8. The quantitative estimate of drug-likeness (QED) is 0.418. The highest BCUT2D eigenvalue weighted by Gasteiger charge is 2.18. The van der Waals surface area contributed by atoms with Crippen LogP contribution in [0.25, 0.3) is 17.1 Å². The molecule has 2 aromatic heterocycles. The summed E-state index contributed by atoms with van der Waals surface area (Å²) in [4.78, 5) is 40.2. The molecule has 0 unspecified atom stereocenters. The Morgan fingerprint density at radius 2 is 1.92 bits per heavy atom. The molecule has 0 amide bonds. The summed E-state index contributed by atoms with van der Waals surface area (Å²) in [5.74, 6) is 0.493. The lowest BCUT2D eigenvalue weighted by Crippen LogP contribution is -2.28. The van der Waals surface area contributed by atoms with Crippen molar-refractivity contribution in [2.75, 3.05) is 0 Å². The monoisotopic (exact) mass is 350 g/mol. The lowest BCUT2D eigenvalue weighted by Gasteiger charge is -2.25. The van der Waals surface area contributed by atoms with Crippen molar-refractivity contribution in [3.8, 4) is 0 Å². The van der Waals surface area contributed by atoms with Crippen molar-refractivity contribution in [1.29, 1.82) is 0 Å². The third-order valence-corrected chi connectivity index (χ3v) is 4.82. The minimum atomic E-state index is -0.738. The van der Waals surface area contributed by atoms with Gasteiger partial charge in [-0.15, -0.1) is 0 Å². The van der Waals surface area contributed by atoms with Crippen molar-refractivity contribution in [2.24, 2.45) is 5.92 Å². The zero-order chi connectivity index (χ0) is 18.1. The van der Waals surface area contributed by atoms with Crippen LogP contribution in [-0.2, 0) is 6.54 Å². The minimum Gasteiger partial charge on any atom is -0.316 e. The molecule has 1 aromatic carbocycles. The lowest BCUT2D eigenvalue weighted by atomic mass is 9.85. The van der Waals surface area contributed by atoms with Crippen molar-refractivity contribution >= 4 is 22.9 Å². The number of allylic oxidation sites excluding steroid dienone is 1. The fourth-order valence-electron chi connectivity index (χ4n) is 3.08. The molecular weight excluding hydrogens is 332 g/mol. The van der Waals surface area contributed by atoms with Gasteiger partial charge in [-0.1, -0.05) is 6.42 Å². The summed E-state index contributed by atoms with van der Waals surface area (Å²) >= 11 is 0. The number of nitrogens with zero attached hydrogens (tertiary/aromatic N) is 2. The number of H-pyrrole nitrogens is 2. The van der Waals surface area contributed by atoms with E-state index in [1.165, 1.54) is 25.3 Å². The zero-order valence-electron chi connectivity index (χ0n) is 14.1. The van der Waals surface area contributed by atoms with Gasteiger partial charge in [-0.05, 0) is 55.2 Å². The van der Waals surface area contributed by atoms with Crippen LogP contribution in [0.4, 0.5) is 0 Å². The van der Waals surface area contributed by atoms with Crippen LogP contribution in [0.2, 0.25) is 0 Å². The molecule has 4 rings (SSSR count). The van der Waals surface area contributed by atoms with E-state index in [0.717, 1.165) is 12.2 Å². The number of carbonyl (C=O) groups is 1. The summed E-state index contributed by atoms with van der Waals surface area (Å²) in [7, 11) is 0. The Kier molecular flexibility index (Phi) is 4.12. The summed E-state index contributed by atoms with van der Waals surface area (Å²) in [6, 6.07) is 6.67. The molecule has 7 nitrogen and oxygen atoms in total. The maximum absolute atomic E-state index is 12.5. The SMILES string of the molecule is O=C(C=Cc1ccnn1CC1CCC1)c1ccc2[nH]c(=O)c(=O)[nH]c2c1. The van der Waals surface area contributed by atoms with Crippen molar-refractivity contribution in [3.63, 3.8) is 0 Å². The molecule has 0 bridgehead atoms. The van der Waals surface area contributed by atoms with Gasteiger partial charge in [0, 0.05) is 18.3 Å². The van der Waals surface area contributed by atoms with Crippen molar-refractivity contribution < 1.29 is 4.79 Å². The Labute approximate surface area is 148 Å². The molecule has 26 heavy (non-hydrogen) atoms. The van der Waals surface area contributed by atoms with Crippen LogP contribution in [0.5, 0.6) is 0 Å². The molecule has 0 atom stereocenters. The summed E-state index contributed by atoms with van der Waals surface area (Å²) in [5, 5.41) is 4.33. The van der Waals surface area contributed by atoms with Gasteiger partial charge >= 0.3 is 11.1 Å². The summed E-state index contributed by atoms with van der Waals surface area (Å²) in [5.41, 5.74) is 0.775. The standard InChI is InChI=1S/C19H18N4O3/c24-17(7-5-14-8-9-20-23(14)11-12-2-1-3-12)13-4-6-15-16(10-13)22-19(26)18(25)21-15/h4-10,12H,1-3,11H2,(H,21,25)(H,22,26). The number of hydrogen-bond donors (Lipinski definition) is 2. The van der Waals surface area contributed by atoms with E-state index >= 15 is 0 Å². The Hall–Kier alpha value is -3.22. The Morgan fingerprint density at radius 1 is 1.15 bits per heavy atom. The Morgan fingerprint density at radius 3 is 2.65 bits per heavy atom. The number of benzene rings is 1. The first-order chi connectivity index (χ1) is 12.6. The maximum Gasteiger partial charge on any atom is 0.314 e. The average molecular weight is 350 g/mol. The molecule has 0 radical (unpaired) electrons. The van der Waals surface area contributed by atoms with E-state index in [1.807, 2.05) is 10.7 Å². The number of rotatable bonds is 5. The van der Waals surface area contributed by atoms with Crippen molar-refractivity contribution in [1.82, 2.24) is 19.7 Å². The lowest BCUT2D eigenvalue weighted by molar-refractivity contribution is 0.104. The predicted octanol–water partition coefficient (Wildman–Crippen LogP) is 2.11.